The molecule has 1 aliphatic heterocycles. The SMILES string of the molecule is COc1ccc2nccc(C(O)CC[C@@H]3CCN(CCCCc4ccccn4)C[C@@H]3CCC(=O)O)c2c1. The summed E-state index contributed by atoms with van der Waals surface area (Å²) in [4.78, 5) is 22.7. The number of aliphatic hydroxyl groups excluding tert-OH is 1. The number of aromatic nitrogens is 2. The van der Waals surface area contributed by atoms with Gasteiger partial charge in [-0.05, 0) is 112 Å². The smallest absolute Gasteiger partial charge is 0.303 e. The van der Waals surface area contributed by atoms with Gasteiger partial charge in [0.1, 0.15) is 5.75 Å². The fraction of sp³-hybridized carbons (Fsp3) is 0.500. The maximum absolute atomic E-state index is 11.3. The molecule has 7 nitrogen and oxygen atoms in total. The van der Waals surface area contributed by atoms with Crippen molar-refractivity contribution < 1.29 is 19.7 Å². The van der Waals surface area contributed by atoms with Gasteiger partial charge in [-0.15, -0.1) is 0 Å². The number of piperidine rings is 1. The molecule has 0 amide bonds. The highest BCUT2D eigenvalue weighted by atomic mass is 16.5. The average molecular weight is 506 g/mol. The van der Waals surface area contributed by atoms with Crippen LogP contribution in [0.2, 0.25) is 0 Å². The summed E-state index contributed by atoms with van der Waals surface area (Å²) < 4.78 is 5.37. The van der Waals surface area contributed by atoms with E-state index in [4.69, 9.17) is 4.74 Å². The fourth-order valence-corrected chi connectivity index (χ4v) is 5.65. The van der Waals surface area contributed by atoms with Gasteiger partial charge in [-0.2, -0.15) is 0 Å². The third-order valence-corrected chi connectivity index (χ3v) is 7.74. The number of pyridine rings is 2. The summed E-state index contributed by atoms with van der Waals surface area (Å²) in [6, 6.07) is 13.7. The van der Waals surface area contributed by atoms with E-state index in [0.29, 0.717) is 24.7 Å². The minimum Gasteiger partial charge on any atom is -0.497 e. The molecule has 4 rings (SSSR count). The van der Waals surface area contributed by atoms with Gasteiger partial charge in [-0.3, -0.25) is 14.8 Å². The third kappa shape index (κ3) is 7.73. The molecule has 7 heteroatoms. The van der Waals surface area contributed by atoms with E-state index >= 15 is 0 Å². The van der Waals surface area contributed by atoms with Crippen LogP contribution in [0.25, 0.3) is 10.9 Å². The molecule has 2 N–H and O–H groups in total. The number of aliphatic carboxylic acids is 1. The van der Waals surface area contributed by atoms with Gasteiger partial charge < -0.3 is 19.8 Å². The van der Waals surface area contributed by atoms with Crippen molar-refractivity contribution in [3.8, 4) is 5.75 Å². The molecule has 0 bridgehead atoms. The normalized spacial score (nSPS) is 19.1. The highest BCUT2D eigenvalue weighted by Crippen LogP contribution is 2.35. The second-order valence-electron chi connectivity index (χ2n) is 10.2. The Morgan fingerprint density at radius 1 is 1.11 bits per heavy atom. The van der Waals surface area contributed by atoms with Gasteiger partial charge in [-0.1, -0.05) is 6.07 Å². The van der Waals surface area contributed by atoms with E-state index in [2.05, 4.69) is 20.9 Å². The lowest BCUT2D eigenvalue weighted by Crippen LogP contribution is -2.41. The van der Waals surface area contributed by atoms with E-state index in [1.54, 1.807) is 13.3 Å². The summed E-state index contributed by atoms with van der Waals surface area (Å²) in [7, 11) is 1.64. The molecule has 198 valence electrons. The van der Waals surface area contributed by atoms with Crippen molar-refractivity contribution in [2.24, 2.45) is 11.8 Å². The summed E-state index contributed by atoms with van der Waals surface area (Å²) in [5.74, 6) is 0.766. The molecule has 0 radical (unpaired) electrons. The molecule has 1 aliphatic rings. The summed E-state index contributed by atoms with van der Waals surface area (Å²) in [5, 5.41) is 21.4. The second kappa shape index (κ2) is 13.5. The number of carbonyl (C=O) groups is 1. The molecule has 1 aromatic carbocycles. The third-order valence-electron chi connectivity index (χ3n) is 7.74. The van der Waals surface area contributed by atoms with Crippen LogP contribution in [-0.2, 0) is 11.2 Å². The minimum absolute atomic E-state index is 0.200. The van der Waals surface area contributed by atoms with E-state index in [0.717, 1.165) is 79.6 Å². The van der Waals surface area contributed by atoms with Crippen molar-refractivity contribution in [2.45, 2.75) is 57.5 Å². The van der Waals surface area contributed by atoms with Crippen LogP contribution in [-0.4, -0.2) is 57.8 Å². The van der Waals surface area contributed by atoms with E-state index in [9.17, 15) is 15.0 Å². The Balaban J connectivity index is 1.32. The van der Waals surface area contributed by atoms with Gasteiger partial charge in [0.05, 0.1) is 18.7 Å². The number of aliphatic hydroxyl groups is 1. The first-order valence-electron chi connectivity index (χ1n) is 13.5. The zero-order chi connectivity index (χ0) is 26.0. The number of hydrogen-bond donors (Lipinski definition) is 2. The van der Waals surface area contributed by atoms with Gasteiger partial charge in [0.15, 0.2) is 0 Å². The highest BCUT2D eigenvalue weighted by Gasteiger charge is 2.30. The standard InChI is InChI=1S/C30H39N3O4/c1-37-25-10-11-28-27(20-25)26(14-17-32-28)29(34)12-8-22-15-19-33(21-23(22)9-13-30(35)36)18-5-3-7-24-6-2-4-16-31-24/h2,4,6,10-11,14,16-17,20,22-23,29,34H,3,5,7-9,12-13,15,18-19,21H2,1H3,(H,35,36)/t22-,23+,29?/m1/s1. The largest absolute Gasteiger partial charge is 0.497 e. The first kappa shape index (κ1) is 27.0. The predicted octanol–water partition coefficient (Wildman–Crippen LogP) is 5.28. The van der Waals surface area contributed by atoms with Gasteiger partial charge in [0.2, 0.25) is 0 Å². The molecule has 1 unspecified atom stereocenters. The summed E-state index contributed by atoms with van der Waals surface area (Å²) in [6.45, 7) is 3.01. The summed E-state index contributed by atoms with van der Waals surface area (Å²) in [6.07, 6.45) is 9.67. The minimum atomic E-state index is -0.733. The van der Waals surface area contributed by atoms with Crippen molar-refractivity contribution in [1.29, 1.82) is 0 Å². The van der Waals surface area contributed by atoms with E-state index < -0.39 is 12.1 Å². The fourth-order valence-electron chi connectivity index (χ4n) is 5.65. The molecule has 0 spiro atoms. The zero-order valence-electron chi connectivity index (χ0n) is 21.8. The number of hydrogen-bond acceptors (Lipinski definition) is 6. The number of ether oxygens (including phenoxy) is 1. The topological polar surface area (TPSA) is 95.8 Å². The van der Waals surface area contributed by atoms with Crippen LogP contribution in [0.5, 0.6) is 5.75 Å². The zero-order valence-corrected chi connectivity index (χ0v) is 21.8. The van der Waals surface area contributed by atoms with E-state index in [-0.39, 0.29) is 6.42 Å². The Kier molecular flexibility index (Phi) is 9.85. The van der Waals surface area contributed by atoms with Gasteiger partial charge in [-0.25, -0.2) is 0 Å². The number of methoxy groups -OCH3 is 1. The lowest BCUT2D eigenvalue weighted by molar-refractivity contribution is -0.137. The van der Waals surface area contributed by atoms with Crippen LogP contribution in [0.1, 0.15) is 62.3 Å². The number of fused-ring (bicyclic) bond motifs is 1. The monoisotopic (exact) mass is 505 g/mol. The molecule has 3 aromatic rings. The number of nitrogens with zero attached hydrogens (tertiary/aromatic N) is 3. The van der Waals surface area contributed by atoms with Crippen LogP contribution < -0.4 is 4.74 Å². The summed E-state index contributed by atoms with van der Waals surface area (Å²) in [5.41, 5.74) is 2.85. The van der Waals surface area contributed by atoms with Gasteiger partial charge >= 0.3 is 5.97 Å². The Morgan fingerprint density at radius 3 is 2.78 bits per heavy atom. The van der Waals surface area contributed by atoms with E-state index in [1.165, 1.54) is 0 Å². The van der Waals surface area contributed by atoms with Crippen LogP contribution in [0.4, 0.5) is 0 Å². The van der Waals surface area contributed by atoms with Crippen LogP contribution in [0.3, 0.4) is 0 Å². The van der Waals surface area contributed by atoms with Gasteiger partial charge in [0, 0.05) is 36.4 Å². The molecule has 0 saturated carbocycles. The van der Waals surface area contributed by atoms with Crippen LogP contribution in [0.15, 0.2) is 54.9 Å². The quantitative estimate of drug-likeness (QED) is 0.305. The Morgan fingerprint density at radius 2 is 2.00 bits per heavy atom. The molecular weight excluding hydrogens is 466 g/mol. The van der Waals surface area contributed by atoms with Gasteiger partial charge in [0.25, 0.3) is 0 Å². The molecule has 1 fully saturated rings. The Labute approximate surface area is 219 Å². The maximum atomic E-state index is 11.3. The number of carboxylic acids is 1. The molecule has 0 aliphatic carbocycles. The molecule has 3 heterocycles. The van der Waals surface area contributed by atoms with Crippen molar-refractivity contribution in [2.75, 3.05) is 26.7 Å². The van der Waals surface area contributed by atoms with Crippen molar-refractivity contribution in [1.82, 2.24) is 14.9 Å². The number of likely N-dealkylation sites (tertiary alicyclic amines) is 1. The second-order valence-corrected chi connectivity index (χ2v) is 10.2. The van der Waals surface area contributed by atoms with Crippen LogP contribution in [0, 0.1) is 11.8 Å². The highest BCUT2D eigenvalue weighted by molar-refractivity contribution is 5.83. The molecular formula is C30H39N3O4. The number of aryl methyl sites for hydroxylation is 1. The average Bonchev–Trinajstić information content (AvgIpc) is 2.93. The molecule has 2 aromatic heterocycles. The van der Waals surface area contributed by atoms with Crippen molar-refractivity contribution in [3.05, 3.63) is 66.1 Å². The molecule has 37 heavy (non-hydrogen) atoms. The molecule has 3 atom stereocenters. The molecule has 1 saturated heterocycles. The number of carboxylic acid groups (broad SMARTS) is 1. The maximum Gasteiger partial charge on any atom is 0.303 e. The number of rotatable bonds is 13. The van der Waals surface area contributed by atoms with E-state index in [1.807, 2.05) is 42.6 Å². The lowest BCUT2D eigenvalue weighted by atomic mass is 9.79. The number of unbranched alkanes of at least 4 members (excludes halogenated alkanes) is 1. The Hall–Kier alpha value is -3.03. The number of benzene rings is 1. The van der Waals surface area contributed by atoms with Crippen LogP contribution >= 0.6 is 0 Å². The lowest BCUT2D eigenvalue weighted by Gasteiger charge is -2.39. The first-order valence-corrected chi connectivity index (χ1v) is 13.5. The first-order chi connectivity index (χ1) is 18.0. The van der Waals surface area contributed by atoms with Crippen molar-refractivity contribution >= 4 is 16.9 Å². The van der Waals surface area contributed by atoms with Crippen molar-refractivity contribution in [3.63, 3.8) is 0 Å². The Bertz CT molecular complexity index is 1140. The summed E-state index contributed by atoms with van der Waals surface area (Å²) >= 11 is 0. The predicted molar refractivity (Wildman–Crippen MR) is 145 cm³/mol.